The Bertz CT molecular complexity index is 2170. The van der Waals surface area contributed by atoms with Gasteiger partial charge in [-0.3, -0.25) is 14.5 Å². The highest BCUT2D eigenvalue weighted by atomic mass is 15.1. The van der Waals surface area contributed by atoms with Crippen molar-refractivity contribution in [1.29, 1.82) is 0 Å². The van der Waals surface area contributed by atoms with Crippen molar-refractivity contribution >= 4 is 32.7 Å². The minimum Gasteiger partial charge on any atom is -0.292 e. The molecule has 5 nitrogen and oxygen atoms in total. The van der Waals surface area contributed by atoms with Gasteiger partial charge in [-0.25, -0.2) is 9.97 Å². The molecule has 5 heterocycles. The summed E-state index contributed by atoms with van der Waals surface area (Å²) in [5, 5.41) is 3.46. The zero-order chi connectivity index (χ0) is 27.2. The van der Waals surface area contributed by atoms with Crippen molar-refractivity contribution in [2.45, 2.75) is 0 Å². The van der Waals surface area contributed by atoms with Crippen LogP contribution in [0, 0.1) is 0 Å². The summed E-state index contributed by atoms with van der Waals surface area (Å²) in [6.07, 6.45) is 5.59. The van der Waals surface area contributed by atoms with Crippen LogP contribution in [0.5, 0.6) is 0 Å². The third-order valence-corrected chi connectivity index (χ3v) is 7.55. The molecule has 192 valence electrons. The minimum atomic E-state index is 0.813. The van der Waals surface area contributed by atoms with E-state index < -0.39 is 0 Å². The summed E-state index contributed by atoms with van der Waals surface area (Å²) in [6, 6.07) is 41.5. The van der Waals surface area contributed by atoms with Gasteiger partial charge in [0.05, 0.1) is 39.8 Å². The molecule has 0 amide bonds. The Kier molecular flexibility index (Phi) is 5.38. The largest absolute Gasteiger partial charge is 0.292 e. The molecular weight excluding hydrogens is 502 g/mol. The maximum absolute atomic E-state index is 5.08. The predicted octanol–water partition coefficient (Wildman–Crippen LogP) is 8.52. The molecule has 0 bridgehead atoms. The number of rotatable bonds is 4. The number of fused-ring (bicyclic) bond motifs is 4. The van der Waals surface area contributed by atoms with Gasteiger partial charge >= 0.3 is 0 Å². The summed E-state index contributed by atoms with van der Waals surface area (Å²) in [5.41, 5.74) is 8.91. The first kappa shape index (κ1) is 23.2. The van der Waals surface area contributed by atoms with Crippen LogP contribution < -0.4 is 0 Å². The van der Waals surface area contributed by atoms with Gasteiger partial charge < -0.3 is 0 Å². The van der Waals surface area contributed by atoms with Crippen LogP contribution in [0.3, 0.4) is 0 Å². The molecule has 5 heteroatoms. The van der Waals surface area contributed by atoms with Crippen LogP contribution in [0.2, 0.25) is 0 Å². The van der Waals surface area contributed by atoms with Crippen molar-refractivity contribution in [1.82, 2.24) is 24.5 Å². The van der Waals surface area contributed by atoms with E-state index in [2.05, 4.69) is 93.4 Å². The highest BCUT2D eigenvalue weighted by Crippen LogP contribution is 2.33. The molecule has 5 aromatic heterocycles. The fourth-order valence-corrected chi connectivity index (χ4v) is 5.68. The van der Waals surface area contributed by atoms with Crippen LogP contribution >= 0.6 is 0 Å². The summed E-state index contributed by atoms with van der Waals surface area (Å²) in [6.45, 7) is 0. The first-order valence-electron chi connectivity index (χ1n) is 13.6. The summed E-state index contributed by atoms with van der Waals surface area (Å²) >= 11 is 0. The Labute approximate surface area is 236 Å². The molecule has 0 N–H and O–H groups in total. The number of aromatic nitrogens is 5. The monoisotopic (exact) mass is 525 g/mol. The summed E-state index contributed by atoms with van der Waals surface area (Å²) < 4.78 is 2.17. The van der Waals surface area contributed by atoms with E-state index in [9.17, 15) is 0 Å². The second-order valence-corrected chi connectivity index (χ2v) is 10.00. The minimum absolute atomic E-state index is 0.813. The lowest BCUT2D eigenvalue weighted by Crippen LogP contribution is -1.99. The Hall–Kier alpha value is -5.68. The van der Waals surface area contributed by atoms with Gasteiger partial charge in [0, 0.05) is 39.7 Å². The fourth-order valence-electron chi connectivity index (χ4n) is 5.68. The molecule has 0 aliphatic rings. The molecule has 8 rings (SSSR count). The lowest BCUT2D eigenvalue weighted by Gasteiger charge is -2.10. The summed E-state index contributed by atoms with van der Waals surface area (Å²) in [5.74, 6) is 0.833. The molecule has 0 saturated heterocycles. The van der Waals surface area contributed by atoms with E-state index in [-0.39, 0.29) is 0 Å². The zero-order valence-corrected chi connectivity index (χ0v) is 22.0. The second kappa shape index (κ2) is 9.50. The number of pyridine rings is 4. The lowest BCUT2D eigenvalue weighted by atomic mass is 9.99. The van der Waals surface area contributed by atoms with Gasteiger partial charge in [-0.1, -0.05) is 72.8 Å². The standard InChI is InChI=1S/C36H23N5/c1-2-17-33-28(12-1)29-19-21-37-23-34(29)41(33)35-18-6-16-32(40-35)31-15-5-14-30(39-31)26-10-3-9-25(22-26)27-13-4-8-24-11-7-20-38-36(24)27/h1-23H. The van der Waals surface area contributed by atoms with Crippen LogP contribution in [0.4, 0.5) is 0 Å². The van der Waals surface area contributed by atoms with E-state index in [4.69, 9.17) is 9.97 Å². The van der Waals surface area contributed by atoms with Crippen molar-refractivity contribution in [2.75, 3.05) is 0 Å². The number of nitrogens with zero attached hydrogens (tertiary/aromatic N) is 5. The van der Waals surface area contributed by atoms with Crippen LogP contribution in [0.25, 0.3) is 72.3 Å². The summed E-state index contributed by atoms with van der Waals surface area (Å²) in [4.78, 5) is 19.2. The lowest BCUT2D eigenvalue weighted by molar-refractivity contribution is 1.07. The van der Waals surface area contributed by atoms with Gasteiger partial charge in [0.1, 0.15) is 5.82 Å². The number of hydrogen-bond donors (Lipinski definition) is 0. The average molecular weight is 526 g/mol. The maximum Gasteiger partial charge on any atom is 0.138 e. The van der Waals surface area contributed by atoms with Crippen LogP contribution in [-0.2, 0) is 0 Å². The normalized spacial score (nSPS) is 11.4. The predicted molar refractivity (Wildman–Crippen MR) is 166 cm³/mol. The Morgan fingerprint density at radius 2 is 1.27 bits per heavy atom. The van der Waals surface area contributed by atoms with Crippen molar-refractivity contribution < 1.29 is 0 Å². The van der Waals surface area contributed by atoms with E-state index in [1.807, 2.05) is 61.1 Å². The summed E-state index contributed by atoms with van der Waals surface area (Å²) in [7, 11) is 0. The van der Waals surface area contributed by atoms with Crippen molar-refractivity contribution in [3.63, 3.8) is 0 Å². The molecule has 0 saturated carbocycles. The van der Waals surface area contributed by atoms with Gasteiger partial charge in [-0.2, -0.15) is 0 Å². The molecule has 0 aliphatic carbocycles. The van der Waals surface area contributed by atoms with E-state index in [1.54, 1.807) is 0 Å². The van der Waals surface area contributed by atoms with Crippen LogP contribution in [-0.4, -0.2) is 24.5 Å². The van der Waals surface area contributed by atoms with Gasteiger partial charge in [-0.05, 0) is 54.1 Å². The molecule has 0 unspecified atom stereocenters. The van der Waals surface area contributed by atoms with Gasteiger partial charge in [-0.15, -0.1) is 0 Å². The number of hydrogen-bond acceptors (Lipinski definition) is 4. The van der Waals surface area contributed by atoms with E-state index in [1.165, 1.54) is 5.39 Å². The molecule has 0 radical (unpaired) electrons. The maximum atomic E-state index is 5.08. The Morgan fingerprint density at radius 3 is 2.24 bits per heavy atom. The van der Waals surface area contributed by atoms with Crippen molar-refractivity contribution in [3.8, 4) is 39.6 Å². The molecule has 0 fully saturated rings. The molecule has 8 aromatic rings. The van der Waals surface area contributed by atoms with E-state index in [0.717, 1.165) is 66.9 Å². The topological polar surface area (TPSA) is 56.5 Å². The SMILES string of the molecule is c1cc(-c2cccc(-c3cccc(-n4c5ccccc5c5ccncc54)n3)n2)cc(-c2cccc3cccnc23)c1. The third-order valence-electron chi connectivity index (χ3n) is 7.55. The van der Waals surface area contributed by atoms with Gasteiger partial charge in [0.25, 0.3) is 0 Å². The first-order chi connectivity index (χ1) is 20.3. The molecule has 0 aliphatic heterocycles. The Morgan fingerprint density at radius 1 is 0.512 bits per heavy atom. The van der Waals surface area contributed by atoms with Gasteiger partial charge in [0.15, 0.2) is 0 Å². The molecule has 41 heavy (non-hydrogen) atoms. The molecular formula is C36H23N5. The Balaban J connectivity index is 1.21. The van der Waals surface area contributed by atoms with Crippen LogP contribution in [0.15, 0.2) is 140 Å². The molecule has 3 aromatic carbocycles. The third kappa shape index (κ3) is 3.95. The average Bonchev–Trinajstić information content (AvgIpc) is 3.39. The number of benzene rings is 3. The highest BCUT2D eigenvalue weighted by molar-refractivity contribution is 6.08. The van der Waals surface area contributed by atoms with E-state index >= 15 is 0 Å². The van der Waals surface area contributed by atoms with Crippen molar-refractivity contribution in [3.05, 3.63) is 140 Å². The molecule has 0 spiro atoms. The van der Waals surface area contributed by atoms with E-state index in [0.29, 0.717) is 0 Å². The highest BCUT2D eigenvalue weighted by Gasteiger charge is 2.14. The second-order valence-electron chi connectivity index (χ2n) is 10.00. The van der Waals surface area contributed by atoms with Crippen LogP contribution in [0.1, 0.15) is 0 Å². The van der Waals surface area contributed by atoms with Crippen molar-refractivity contribution in [2.24, 2.45) is 0 Å². The van der Waals surface area contributed by atoms with Gasteiger partial charge in [0.2, 0.25) is 0 Å². The number of para-hydroxylation sites is 2. The quantitative estimate of drug-likeness (QED) is 0.231. The smallest absolute Gasteiger partial charge is 0.138 e. The first-order valence-corrected chi connectivity index (χ1v) is 13.6. The fraction of sp³-hybridized carbons (Fsp3) is 0. The zero-order valence-electron chi connectivity index (χ0n) is 22.0. The molecule has 0 atom stereocenters.